The number of methoxy groups -OCH3 is 3. The van der Waals surface area contributed by atoms with E-state index in [0.29, 0.717) is 23.7 Å². The maximum absolute atomic E-state index is 12.2. The number of amides is 1. The summed E-state index contributed by atoms with van der Waals surface area (Å²) in [7, 11) is 4.67. The first kappa shape index (κ1) is 19.7. The number of nitrogens with zero attached hydrogens (tertiary/aromatic N) is 1. The van der Waals surface area contributed by atoms with Crippen molar-refractivity contribution in [2.24, 2.45) is 0 Å². The first-order valence-corrected chi connectivity index (χ1v) is 8.11. The van der Waals surface area contributed by atoms with Gasteiger partial charge in [-0.2, -0.15) is 5.26 Å². The Morgan fingerprint density at radius 3 is 2.33 bits per heavy atom. The van der Waals surface area contributed by atoms with Crippen molar-refractivity contribution in [3.8, 4) is 23.3 Å². The van der Waals surface area contributed by atoms with Gasteiger partial charge in [0.15, 0.2) is 11.5 Å². The number of hydrogen-bond acceptors (Lipinski definition) is 6. The number of anilines is 1. The van der Waals surface area contributed by atoms with Gasteiger partial charge in [-0.1, -0.05) is 12.1 Å². The number of benzene rings is 2. The highest BCUT2D eigenvalue weighted by atomic mass is 16.5. The molecule has 0 aromatic heterocycles. The molecule has 2 aromatic rings. The van der Waals surface area contributed by atoms with Crippen molar-refractivity contribution in [2.75, 3.05) is 26.6 Å². The lowest BCUT2D eigenvalue weighted by molar-refractivity contribution is -0.117. The van der Waals surface area contributed by atoms with Crippen LogP contribution in [0.4, 0.5) is 5.69 Å². The van der Waals surface area contributed by atoms with Crippen LogP contribution < -0.4 is 24.8 Å². The lowest BCUT2D eigenvalue weighted by atomic mass is 10.2. The van der Waals surface area contributed by atoms with Crippen molar-refractivity contribution >= 4 is 11.6 Å². The molecule has 0 atom stereocenters. The van der Waals surface area contributed by atoms with Crippen LogP contribution in [0.5, 0.6) is 17.2 Å². The smallest absolute Gasteiger partial charge is 0.263 e. The molecule has 0 heterocycles. The van der Waals surface area contributed by atoms with Gasteiger partial charge >= 0.3 is 0 Å². The maximum Gasteiger partial charge on any atom is 0.263 e. The van der Waals surface area contributed by atoms with E-state index in [2.05, 4.69) is 10.6 Å². The second-order valence-electron chi connectivity index (χ2n) is 5.41. The van der Waals surface area contributed by atoms with Crippen LogP contribution in [0.1, 0.15) is 5.56 Å². The van der Waals surface area contributed by atoms with Crippen LogP contribution in [0.15, 0.2) is 54.2 Å². The number of rotatable bonds is 8. The summed E-state index contributed by atoms with van der Waals surface area (Å²) in [5.74, 6) is 1.39. The van der Waals surface area contributed by atoms with Crippen LogP contribution in [0, 0.1) is 11.3 Å². The van der Waals surface area contributed by atoms with Crippen molar-refractivity contribution in [1.29, 1.82) is 5.26 Å². The molecule has 0 bridgehead atoms. The number of nitriles is 1. The highest BCUT2D eigenvalue weighted by Gasteiger charge is 2.09. The molecular formula is C20H21N3O4. The fourth-order valence-corrected chi connectivity index (χ4v) is 2.25. The standard InChI is InChI=1S/C20H21N3O4/c1-25-17-7-4-14(5-8-17)12-23-20(24)15(11-21)13-22-16-6-9-18(26-2)19(10-16)27-3/h4-10,13,22H,12H2,1-3H3,(H,23,24)/b15-13-. The number of hydrogen-bond donors (Lipinski definition) is 2. The molecule has 2 rings (SSSR count). The normalized spacial score (nSPS) is 10.5. The third-order valence-corrected chi connectivity index (χ3v) is 3.74. The van der Waals surface area contributed by atoms with E-state index in [4.69, 9.17) is 14.2 Å². The molecule has 0 spiro atoms. The number of carbonyl (C=O) groups is 1. The summed E-state index contributed by atoms with van der Waals surface area (Å²) in [6, 6.07) is 14.4. The van der Waals surface area contributed by atoms with E-state index in [1.54, 1.807) is 44.6 Å². The minimum absolute atomic E-state index is 0.0432. The first-order valence-electron chi connectivity index (χ1n) is 8.11. The van der Waals surface area contributed by atoms with E-state index in [1.165, 1.54) is 13.3 Å². The Morgan fingerprint density at radius 1 is 1.04 bits per heavy atom. The summed E-state index contributed by atoms with van der Waals surface area (Å²) in [5.41, 5.74) is 1.51. The molecule has 27 heavy (non-hydrogen) atoms. The molecule has 2 aromatic carbocycles. The molecule has 0 unspecified atom stereocenters. The average Bonchev–Trinajstić information content (AvgIpc) is 2.72. The van der Waals surface area contributed by atoms with Crippen molar-refractivity contribution in [3.63, 3.8) is 0 Å². The molecule has 2 N–H and O–H groups in total. The van der Waals surface area contributed by atoms with Gasteiger partial charge in [0, 0.05) is 24.5 Å². The van der Waals surface area contributed by atoms with E-state index < -0.39 is 5.91 Å². The van der Waals surface area contributed by atoms with E-state index >= 15 is 0 Å². The molecule has 140 valence electrons. The number of carbonyl (C=O) groups excluding carboxylic acids is 1. The lowest BCUT2D eigenvalue weighted by Crippen LogP contribution is -2.24. The zero-order valence-electron chi connectivity index (χ0n) is 15.4. The van der Waals surface area contributed by atoms with Crippen molar-refractivity contribution in [2.45, 2.75) is 6.54 Å². The predicted octanol–water partition coefficient (Wildman–Crippen LogP) is 2.85. The highest BCUT2D eigenvalue weighted by molar-refractivity contribution is 5.97. The molecule has 7 heteroatoms. The predicted molar refractivity (Wildman–Crippen MR) is 102 cm³/mol. The lowest BCUT2D eigenvalue weighted by Gasteiger charge is -2.10. The monoisotopic (exact) mass is 367 g/mol. The van der Waals surface area contributed by atoms with Gasteiger partial charge < -0.3 is 24.8 Å². The second kappa shape index (κ2) is 9.73. The summed E-state index contributed by atoms with van der Waals surface area (Å²) < 4.78 is 15.5. The molecule has 7 nitrogen and oxygen atoms in total. The maximum atomic E-state index is 12.2. The Morgan fingerprint density at radius 2 is 1.74 bits per heavy atom. The fourth-order valence-electron chi connectivity index (χ4n) is 2.25. The molecule has 0 aliphatic rings. The van der Waals surface area contributed by atoms with Gasteiger partial charge in [0.2, 0.25) is 0 Å². The molecule has 0 saturated heterocycles. The Bertz CT molecular complexity index is 855. The van der Waals surface area contributed by atoms with Crippen LogP contribution in [0.3, 0.4) is 0 Å². The molecule has 1 amide bonds. The van der Waals surface area contributed by atoms with Crippen molar-refractivity contribution in [1.82, 2.24) is 5.32 Å². The summed E-state index contributed by atoms with van der Waals surface area (Å²) in [5, 5.41) is 14.9. The van der Waals surface area contributed by atoms with Crippen LogP contribution in [-0.2, 0) is 11.3 Å². The summed E-state index contributed by atoms with van der Waals surface area (Å²) in [6.07, 6.45) is 1.35. The highest BCUT2D eigenvalue weighted by Crippen LogP contribution is 2.29. The largest absolute Gasteiger partial charge is 0.497 e. The molecule has 0 fully saturated rings. The van der Waals surface area contributed by atoms with Gasteiger partial charge in [-0.25, -0.2) is 0 Å². The summed E-state index contributed by atoms with van der Waals surface area (Å²) in [4.78, 5) is 12.2. The second-order valence-corrected chi connectivity index (χ2v) is 5.41. The Hall–Kier alpha value is -3.66. The molecule has 0 aliphatic carbocycles. The summed E-state index contributed by atoms with van der Waals surface area (Å²) in [6.45, 7) is 0.304. The van der Waals surface area contributed by atoms with Crippen LogP contribution in [0.25, 0.3) is 0 Å². The third kappa shape index (κ3) is 5.41. The Kier molecular flexibility index (Phi) is 7.08. The van der Waals surface area contributed by atoms with E-state index in [1.807, 2.05) is 18.2 Å². The number of nitrogens with one attached hydrogen (secondary N) is 2. The first-order chi connectivity index (χ1) is 13.1. The van der Waals surface area contributed by atoms with E-state index in [9.17, 15) is 10.1 Å². The zero-order chi connectivity index (χ0) is 19.6. The fraction of sp³-hybridized carbons (Fsp3) is 0.200. The van der Waals surface area contributed by atoms with E-state index in [0.717, 1.165) is 11.3 Å². The quantitative estimate of drug-likeness (QED) is 0.551. The van der Waals surface area contributed by atoms with Crippen LogP contribution >= 0.6 is 0 Å². The molecular weight excluding hydrogens is 346 g/mol. The molecule has 0 radical (unpaired) electrons. The van der Waals surface area contributed by atoms with Crippen molar-refractivity contribution < 1.29 is 19.0 Å². The average molecular weight is 367 g/mol. The van der Waals surface area contributed by atoms with Gasteiger partial charge in [0.05, 0.1) is 21.3 Å². The molecule has 0 aliphatic heterocycles. The minimum atomic E-state index is -0.471. The summed E-state index contributed by atoms with van der Waals surface area (Å²) >= 11 is 0. The van der Waals surface area contributed by atoms with Crippen LogP contribution in [0.2, 0.25) is 0 Å². The topological polar surface area (TPSA) is 92.6 Å². The number of ether oxygens (including phenoxy) is 3. The molecule has 0 saturated carbocycles. The minimum Gasteiger partial charge on any atom is -0.497 e. The van der Waals surface area contributed by atoms with Gasteiger partial charge in [0.25, 0.3) is 5.91 Å². The Labute approximate surface area is 158 Å². The SMILES string of the molecule is COc1ccc(CNC(=O)/C(C#N)=C\Nc2ccc(OC)c(OC)c2)cc1. The van der Waals surface area contributed by atoms with Crippen LogP contribution in [-0.4, -0.2) is 27.2 Å². The van der Waals surface area contributed by atoms with Gasteiger partial charge in [0.1, 0.15) is 17.4 Å². The van der Waals surface area contributed by atoms with Gasteiger partial charge in [-0.15, -0.1) is 0 Å². The van der Waals surface area contributed by atoms with Gasteiger partial charge in [-0.3, -0.25) is 4.79 Å². The van der Waals surface area contributed by atoms with Gasteiger partial charge in [-0.05, 0) is 29.8 Å². The Balaban J connectivity index is 2.00. The zero-order valence-corrected chi connectivity index (χ0v) is 15.4. The van der Waals surface area contributed by atoms with Crippen molar-refractivity contribution in [3.05, 3.63) is 59.8 Å². The third-order valence-electron chi connectivity index (χ3n) is 3.74. The van der Waals surface area contributed by atoms with E-state index in [-0.39, 0.29) is 5.57 Å².